The molecule has 150 valence electrons. The summed E-state index contributed by atoms with van der Waals surface area (Å²) in [5, 5.41) is 11.4. The predicted molar refractivity (Wildman–Crippen MR) is 108 cm³/mol. The predicted octanol–water partition coefficient (Wildman–Crippen LogP) is 3.16. The molecule has 0 unspecified atom stereocenters. The third kappa shape index (κ3) is 5.23. The van der Waals surface area contributed by atoms with Gasteiger partial charge in [0, 0.05) is 24.7 Å². The molecule has 0 aliphatic rings. The first-order valence-corrected chi connectivity index (χ1v) is 9.45. The van der Waals surface area contributed by atoms with E-state index in [1.165, 1.54) is 6.07 Å². The van der Waals surface area contributed by atoms with Crippen molar-refractivity contribution in [2.75, 3.05) is 11.9 Å². The summed E-state index contributed by atoms with van der Waals surface area (Å²) in [5.74, 6) is 0. The molecule has 0 fully saturated rings. The topological polar surface area (TPSA) is 91.0 Å². The molecular weight excluding hydrogens is 370 g/mol. The summed E-state index contributed by atoms with van der Waals surface area (Å²) in [6.45, 7) is 6.33. The van der Waals surface area contributed by atoms with Gasteiger partial charge >= 0.3 is 6.09 Å². The minimum absolute atomic E-state index is 0.165. The van der Waals surface area contributed by atoms with E-state index in [0.29, 0.717) is 24.4 Å². The Bertz CT molecular complexity index is 1040. The SMILES string of the molecule is CCCOC(=O)Nc1c#ccc(Cc2nn(-c3cnn(C(C)C)c3)ccc2=O)c1. The third-order valence-electron chi connectivity index (χ3n) is 4.10. The number of amides is 1. The van der Waals surface area contributed by atoms with Gasteiger partial charge in [-0.2, -0.15) is 10.2 Å². The van der Waals surface area contributed by atoms with Crippen LogP contribution in [0.15, 0.2) is 41.6 Å². The zero-order chi connectivity index (χ0) is 20.8. The Morgan fingerprint density at radius 2 is 2.21 bits per heavy atom. The number of hydrogen-bond donors (Lipinski definition) is 1. The first-order chi connectivity index (χ1) is 14.0. The fourth-order valence-corrected chi connectivity index (χ4v) is 2.62. The molecule has 0 saturated carbocycles. The van der Waals surface area contributed by atoms with Gasteiger partial charge in [0.05, 0.1) is 24.7 Å². The highest BCUT2D eigenvalue weighted by molar-refractivity contribution is 5.84. The fraction of sp³-hybridized carbons (Fsp3) is 0.333. The molecule has 1 aromatic carbocycles. The second kappa shape index (κ2) is 9.06. The molecule has 3 aromatic rings. The Morgan fingerprint density at radius 1 is 1.38 bits per heavy atom. The van der Waals surface area contributed by atoms with Crippen LogP contribution in [0.25, 0.3) is 5.69 Å². The van der Waals surface area contributed by atoms with Gasteiger partial charge in [0.25, 0.3) is 0 Å². The van der Waals surface area contributed by atoms with Crippen LogP contribution in [-0.2, 0) is 11.2 Å². The molecular formula is C21H23N5O3. The number of rotatable bonds is 7. The molecule has 0 aliphatic heterocycles. The summed E-state index contributed by atoms with van der Waals surface area (Å²) >= 11 is 0. The van der Waals surface area contributed by atoms with Gasteiger partial charge in [0.2, 0.25) is 5.43 Å². The molecule has 0 saturated heterocycles. The van der Waals surface area contributed by atoms with E-state index in [1.54, 1.807) is 29.2 Å². The highest BCUT2D eigenvalue weighted by atomic mass is 16.5. The Morgan fingerprint density at radius 3 is 2.93 bits per heavy atom. The Labute approximate surface area is 169 Å². The van der Waals surface area contributed by atoms with Gasteiger partial charge in [0.15, 0.2) is 0 Å². The molecule has 3 rings (SSSR count). The molecule has 2 heterocycles. The second-order valence-electron chi connectivity index (χ2n) is 6.83. The molecule has 0 atom stereocenters. The fourth-order valence-electron chi connectivity index (χ4n) is 2.62. The van der Waals surface area contributed by atoms with Crippen molar-refractivity contribution < 1.29 is 9.53 Å². The normalized spacial score (nSPS) is 10.6. The van der Waals surface area contributed by atoms with Crippen LogP contribution in [-0.4, -0.2) is 32.3 Å². The third-order valence-corrected chi connectivity index (χ3v) is 4.10. The summed E-state index contributed by atoms with van der Waals surface area (Å²) in [6, 6.07) is 10.8. The average molecular weight is 393 g/mol. The number of hydrogen-bond acceptors (Lipinski definition) is 5. The Balaban J connectivity index is 1.78. The summed E-state index contributed by atoms with van der Waals surface area (Å²) in [5.41, 5.74) is 2.19. The van der Waals surface area contributed by atoms with E-state index in [0.717, 1.165) is 17.7 Å². The zero-order valence-corrected chi connectivity index (χ0v) is 16.7. The van der Waals surface area contributed by atoms with Gasteiger partial charge in [-0.25, -0.2) is 9.48 Å². The van der Waals surface area contributed by atoms with Crippen molar-refractivity contribution in [2.24, 2.45) is 0 Å². The van der Waals surface area contributed by atoms with Crippen molar-refractivity contribution in [2.45, 2.75) is 39.7 Å². The van der Waals surface area contributed by atoms with Crippen LogP contribution in [0.5, 0.6) is 0 Å². The molecule has 1 N–H and O–H groups in total. The first-order valence-electron chi connectivity index (χ1n) is 9.45. The number of nitrogens with one attached hydrogen (secondary N) is 1. The summed E-state index contributed by atoms with van der Waals surface area (Å²) in [6.07, 6.45) is 5.69. The number of carbonyl (C=O) groups excluding carboxylic acids is 1. The maximum atomic E-state index is 12.3. The molecule has 8 heteroatoms. The quantitative estimate of drug-likeness (QED) is 0.666. The molecule has 0 aliphatic carbocycles. The molecule has 2 aromatic heterocycles. The summed E-state index contributed by atoms with van der Waals surface area (Å²) < 4.78 is 8.45. The van der Waals surface area contributed by atoms with Crippen LogP contribution in [0.2, 0.25) is 0 Å². The lowest BCUT2D eigenvalue weighted by atomic mass is 10.1. The summed E-state index contributed by atoms with van der Waals surface area (Å²) in [4.78, 5) is 24.0. The van der Waals surface area contributed by atoms with Crippen molar-refractivity contribution in [1.82, 2.24) is 19.6 Å². The highest BCUT2D eigenvalue weighted by Crippen LogP contribution is 2.12. The molecule has 1 amide bonds. The number of carbonyl (C=O) groups is 1. The van der Waals surface area contributed by atoms with Crippen molar-refractivity contribution in [3.8, 4) is 5.69 Å². The molecule has 0 bridgehead atoms. The smallest absolute Gasteiger partial charge is 0.412 e. The van der Waals surface area contributed by atoms with Gasteiger partial charge < -0.3 is 4.74 Å². The van der Waals surface area contributed by atoms with E-state index in [4.69, 9.17) is 4.74 Å². The van der Waals surface area contributed by atoms with Crippen LogP contribution in [0.4, 0.5) is 10.5 Å². The van der Waals surface area contributed by atoms with Crippen LogP contribution in [0.3, 0.4) is 0 Å². The van der Waals surface area contributed by atoms with Crippen molar-refractivity contribution >= 4 is 11.8 Å². The number of aromatic nitrogens is 4. The Hall–Kier alpha value is -3.60. The zero-order valence-electron chi connectivity index (χ0n) is 16.7. The van der Waals surface area contributed by atoms with Gasteiger partial charge in [-0.15, -0.1) is 0 Å². The summed E-state index contributed by atoms with van der Waals surface area (Å²) in [7, 11) is 0. The maximum Gasteiger partial charge on any atom is 0.412 e. The van der Waals surface area contributed by atoms with E-state index >= 15 is 0 Å². The second-order valence-corrected chi connectivity index (χ2v) is 6.83. The van der Waals surface area contributed by atoms with Gasteiger partial charge in [-0.05, 0) is 44.0 Å². The van der Waals surface area contributed by atoms with Gasteiger partial charge in [-0.3, -0.25) is 14.8 Å². The van der Waals surface area contributed by atoms with E-state index < -0.39 is 6.09 Å². The van der Waals surface area contributed by atoms with E-state index in [-0.39, 0.29) is 11.5 Å². The van der Waals surface area contributed by atoms with Crippen LogP contribution >= 0.6 is 0 Å². The number of anilines is 1. The molecule has 0 spiro atoms. The van der Waals surface area contributed by atoms with Gasteiger partial charge in [-0.1, -0.05) is 13.0 Å². The van der Waals surface area contributed by atoms with Crippen LogP contribution in [0, 0.1) is 12.1 Å². The number of ether oxygens (including phenoxy) is 1. The lowest BCUT2D eigenvalue weighted by molar-refractivity contribution is 0.161. The Kier molecular flexibility index (Phi) is 6.29. The van der Waals surface area contributed by atoms with Crippen molar-refractivity contribution in [3.63, 3.8) is 0 Å². The van der Waals surface area contributed by atoms with Crippen LogP contribution in [0.1, 0.15) is 44.5 Å². The largest absolute Gasteiger partial charge is 0.449 e. The molecule has 0 radical (unpaired) electrons. The van der Waals surface area contributed by atoms with Gasteiger partial charge in [0.1, 0.15) is 11.4 Å². The highest BCUT2D eigenvalue weighted by Gasteiger charge is 2.09. The van der Waals surface area contributed by atoms with Crippen LogP contribution < -0.4 is 10.7 Å². The van der Waals surface area contributed by atoms with E-state index in [1.807, 2.05) is 31.6 Å². The average Bonchev–Trinajstić information content (AvgIpc) is 3.19. The van der Waals surface area contributed by atoms with Crippen molar-refractivity contribution in [3.05, 3.63) is 70.4 Å². The lowest BCUT2D eigenvalue weighted by Gasteiger charge is -2.07. The lowest BCUT2D eigenvalue weighted by Crippen LogP contribution is -2.16. The van der Waals surface area contributed by atoms with Crippen molar-refractivity contribution in [1.29, 1.82) is 0 Å². The minimum atomic E-state index is -0.545. The molecule has 29 heavy (non-hydrogen) atoms. The number of nitrogens with zero attached hydrogens (tertiary/aromatic N) is 4. The molecule has 8 nitrogen and oxygen atoms in total. The maximum absolute atomic E-state index is 12.3. The monoisotopic (exact) mass is 393 g/mol. The van der Waals surface area contributed by atoms with E-state index in [2.05, 4.69) is 27.6 Å². The first kappa shape index (κ1) is 20.1. The minimum Gasteiger partial charge on any atom is -0.449 e. The standard InChI is InChI=1S/C21H23N5O3/c1-4-10-29-21(28)23-17-7-5-6-16(11-17)12-19-20(27)8-9-25(24-19)18-13-22-26(14-18)15(2)3/h6,8-9,11,13-15H,4,10,12H2,1-3H3,(H,23,28). The van der Waals surface area contributed by atoms with E-state index in [9.17, 15) is 9.59 Å².